The fourth-order valence-corrected chi connectivity index (χ4v) is 3.03. The van der Waals surface area contributed by atoms with E-state index in [4.69, 9.17) is 14.2 Å². The number of rotatable bonds is 7. The van der Waals surface area contributed by atoms with Gasteiger partial charge >= 0.3 is 0 Å². The smallest absolute Gasteiger partial charge is 0.195 e. The van der Waals surface area contributed by atoms with E-state index >= 15 is 0 Å². The predicted octanol–water partition coefficient (Wildman–Crippen LogP) is 3.43. The number of guanidine groups is 1. The minimum absolute atomic E-state index is 0.421. The van der Waals surface area contributed by atoms with Crippen molar-refractivity contribution in [1.29, 1.82) is 0 Å². The first-order chi connectivity index (χ1) is 12.3. The summed E-state index contributed by atoms with van der Waals surface area (Å²) in [5, 5.41) is 6.53. The Hall–Kier alpha value is -1.95. The van der Waals surface area contributed by atoms with Gasteiger partial charge in [-0.1, -0.05) is 25.7 Å². The second kappa shape index (κ2) is 10.8. The first-order valence-electron chi connectivity index (χ1n) is 9.08. The monoisotopic (exact) mass is 349 g/mol. The molecule has 140 valence electrons. The molecule has 0 heterocycles. The van der Waals surface area contributed by atoms with Gasteiger partial charge in [-0.2, -0.15) is 0 Å². The lowest BCUT2D eigenvalue weighted by atomic mass is 10.1. The molecule has 0 atom stereocenters. The summed E-state index contributed by atoms with van der Waals surface area (Å²) >= 11 is 0. The highest BCUT2D eigenvalue weighted by atomic mass is 16.5. The highest BCUT2D eigenvalue weighted by Crippen LogP contribution is 2.29. The van der Waals surface area contributed by atoms with Gasteiger partial charge in [0.1, 0.15) is 0 Å². The van der Waals surface area contributed by atoms with E-state index < -0.39 is 0 Å². The lowest BCUT2D eigenvalue weighted by molar-refractivity contribution is 0.0469. The summed E-state index contributed by atoms with van der Waals surface area (Å²) in [6, 6.07) is 5.67. The van der Waals surface area contributed by atoms with Crippen LogP contribution < -0.4 is 20.1 Å². The highest BCUT2D eigenvalue weighted by molar-refractivity contribution is 5.93. The van der Waals surface area contributed by atoms with Gasteiger partial charge in [0.25, 0.3) is 0 Å². The molecule has 0 saturated heterocycles. The van der Waals surface area contributed by atoms with Gasteiger partial charge in [0.2, 0.25) is 0 Å². The number of hydrogen-bond donors (Lipinski definition) is 2. The third-order valence-electron chi connectivity index (χ3n) is 4.42. The van der Waals surface area contributed by atoms with Gasteiger partial charge in [-0.3, -0.25) is 4.99 Å². The van der Waals surface area contributed by atoms with Gasteiger partial charge in [0.15, 0.2) is 17.5 Å². The topological polar surface area (TPSA) is 64.1 Å². The Kier molecular flexibility index (Phi) is 8.39. The number of nitrogens with one attached hydrogen (secondary N) is 2. The maximum Gasteiger partial charge on any atom is 0.195 e. The molecule has 1 aromatic carbocycles. The number of benzene rings is 1. The minimum Gasteiger partial charge on any atom is -0.493 e. The van der Waals surface area contributed by atoms with E-state index in [2.05, 4.69) is 15.6 Å². The lowest BCUT2D eigenvalue weighted by Gasteiger charge is -2.17. The normalized spacial score (nSPS) is 16.2. The van der Waals surface area contributed by atoms with Crippen LogP contribution in [0.5, 0.6) is 11.5 Å². The van der Waals surface area contributed by atoms with Crippen LogP contribution in [0.3, 0.4) is 0 Å². The van der Waals surface area contributed by atoms with Crippen molar-refractivity contribution in [2.24, 2.45) is 4.99 Å². The van der Waals surface area contributed by atoms with Gasteiger partial charge in [-0.05, 0) is 25.0 Å². The molecule has 2 rings (SSSR count). The largest absolute Gasteiger partial charge is 0.493 e. The number of methoxy groups -OCH3 is 2. The summed E-state index contributed by atoms with van der Waals surface area (Å²) in [4.78, 5) is 4.25. The Labute approximate surface area is 151 Å². The SMILES string of the molecule is CN=C(NCCOC1CCCCCC1)Nc1ccc(OC)c(OC)c1. The van der Waals surface area contributed by atoms with E-state index in [1.165, 1.54) is 38.5 Å². The van der Waals surface area contributed by atoms with Crippen LogP contribution >= 0.6 is 0 Å². The number of hydrogen-bond acceptors (Lipinski definition) is 4. The first-order valence-corrected chi connectivity index (χ1v) is 9.08. The predicted molar refractivity (Wildman–Crippen MR) is 102 cm³/mol. The quantitative estimate of drug-likeness (QED) is 0.342. The summed E-state index contributed by atoms with van der Waals surface area (Å²) in [5.74, 6) is 2.09. The summed E-state index contributed by atoms with van der Waals surface area (Å²) < 4.78 is 16.6. The molecule has 1 fully saturated rings. The van der Waals surface area contributed by atoms with Crippen LogP contribution in [0.2, 0.25) is 0 Å². The van der Waals surface area contributed by atoms with Crippen LogP contribution in [0.4, 0.5) is 5.69 Å². The Balaban J connectivity index is 1.76. The molecule has 1 aliphatic rings. The van der Waals surface area contributed by atoms with Crippen LogP contribution in [0, 0.1) is 0 Å². The third-order valence-corrected chi connectivity index (χ3v) is 4.42. The van der Waals surface area contributed by atoms with Gasteiger partial charge < -0.3 is 24.8 Å². The zero-order chi connectivity index (χ0) is 17.9. The van der Waals surface area contributed by atoms with Crippen LogP contribution in [-0.4, -0.2) is 46.5 Å². The Bertz CT molecular complexity index is 541. The second-order valence-corrected chi connectivity index (χ2v) is 6.18. The highest BCUT2D eigenvalue weighted by Gasteiger charge is 2.12. The molecule has 1 aromatic rings. The number of aliphatic imine (C=N–C) groups is 1. The van der Waals surface area contributed by atoms with E-state index in [1.807, 2.05) is 18.2 Å². The zero-order valence-electron chi connectivity index (χ0n) is 15.6. The summed E-state index contributed by atoms with van der Waals surface area (Å²) in [7, 11) is 5.00. The lowest BCUT2D eigenvalue weighted by Crippen LogP contribution is -2.34. The molecule has 0 bridgehead atoms. The van der Waals surface area contributed by atoms with Gasteiger partial charge in [0.05, 0.1) is 26.9 Å². The summed E-state index contributed by atoms with van der Waals surface area (Å²) in [5.41, 5.74) is 0.885. The van der Waals surface area contributed by atoms with Gasteiger partial charge in [-0.25, -0.2) is 0 Å². The molecule has 0 aliphatic heterocycles. The molecule has 6 nitrogen and oxygen atoms in total. The first kappa shape index (κ1) is 19.4. The fourth-order valence-electron chi connectivity index (χ4n) is 3.03. The van der Waals surface area contributed by atoms with Crippen molar-refractivity contribution < 1.29 is 14.2 Å². The van der Waals surface area contributed by atoms with Crippen LogP contribution in [0.1, 0.15) is 38.5 Å². The molecule has 0 aromatic heterocycles. The van der Waals surface area contributed by atoms with Crippen molar-refractivity contribution >= 4 is 11.6 Å². The second-order valence-electron chi connectivity index (χ2n) is 6.18. The zero-order valence-corrected chi connectivity index (χ0v) is 15.6. The van der Waals surface area contributed by atoms with E-state index in [1.54, 1.807) is 21.3 Å². The Morgan fingerprint density at radius 3 is 2.44 bits per heavy atom. The third kappa shape index (κ3) is 6.46. The van der Waals surface area contributed by atoms with Crippen molar-refractivity contribution in [1.82, 2.24) is 5.32 Å². The number of anilines is 1. The average Bonchev–Trinajstić information content (AvgIpc) is 2.92. The van der Waals surface area contributed by atoms with Gasteiger partial charge in [-0.15, -0.1) is 0 Å². The number of nitrogens with zero attached hydrogens (tertiary/aromatic N) is 1. The van der Waals surface area contributed by atoms with Crippen molar-refractivity contribution in [3.05, 3.63) is 18.2 Å². The van der Waals surface area contributed by atoms with E-state index in [9.17, 15) is 0 Å². The summed E-state index contributed by atoms with van der Waals surface area (Å²) in [6.45, 7) is 1.42. The summed E-state index contributed by atoms with van der Waals surface area (Å²) in [6.07, 6.45) is 8.09. The Morgan fingerprint density at radius 2 is 1.80 bits per heavy atom. The molecule has 0 amide bonds. The van der Waals surface area contributed by atoms with E-state index in [0.717, 1.165) is 12.2 Å². The van der Waals surface area contributed by atoms with Crippen molar-refractivity contribution in [3.63, 3.8) is 0 Å². The van der Waals surface area contributed by atoms with Crippen LogP contribution in [0.15, 0.2) is 23.2 Å². The molecule has 1 saturated carbocycles. The molecular formula is C19H31N3O3. The molecule has 1 aliphatic carbocycles. The molecule has 0 spiro atoms. The molecule has 0 radical (unpaired) electrons. The van der Waals surface area contributed by atoms with E-state index in [0.29, 0.717) is 30.2 Å². The minimum atomic E-state index is 0.421. The van der Waals surface area contributed by atoms with Gasteiger partial charge in [0, 0.05) is 25.3 Å². The van der Waals surface area contributed by atoms with E-state index in [-0.39, 0.29) is 0 Å². The van der Waals surface area contributed by atoms with Crippen molar-refractivity contribution in [3.8, 4) is 11.5 Å². The molecule has 2 N–H and O–H groups in total. The maximum atomic E-state index is 5.99. The number of ether oxygens (including phenoxy) is 3. The molecule has 0 unspecified atom stereocenters. The standard InChI is InChI=1S/C19H31N3O3/c1-20-19(21-12-13-25-16-8-6-4-5-7-9-16)22-15-10-11-17(23-2)18(14-15)24-3/h10-11,14,16H,4-9,12-13H2,1-3H3,(H2,20,21,22). The average molecular weight is 349 g/mol. The molecular weight excluding hydrogens is 318 g/mol. The van der Waals surface area contributed by atoms with Crippen molar-refractivity contribution in [2.75, 3.05) is 39.7 Å². The Morgan fingerprint density at radius 1 is 1.08 bits per heavy atom. The van der Waals surface area contributed by atoms with Crippen LogP contribution in [-0.2, 0) is 4.74 Å². The maximum absolute atomic E-state index is 5.99. The van der Waals surface area contributed by atoms with Crippen LogP contribution in [0.25, 0.3) is 0 Å². The fraction of sp³-hybridized carbons (Fsp3) is 0.632. The molecule has 6 heteroatoms. The van der Waals surface area contributed by atoms with Crippen molar-refractivity contribution in [2.45, 2.75) is 44.6 Å². The molecule has 25 heavy (non-hydrogen) atoms.